The zero-order valence-electron chi connectivity index (χ0n) is 18.7. The third-order valence-corrected chi connectivity index (χ3v) is 9.60. The number of carbonyl (C=O) groups is 2. The number of rotatable bonds is 2. The van der Waals surface area contributed by atoms with Crippen molar-refractivity contribution < 1.29 is 9.59 Å². The van der Waals surface area contributed by atoms with E-state index in [4.69, 9.17) is 0 Å². The largest absolute Gasteiger partial charge is 0.326 e. The summed E-state index contributed by atoms with van der Waals surface area (Å²) in [5.41, 5.74) is 3.87. The number of carbonyl (C=O) groups excluding carboxylic acids is 2. The van der Waals surface area contributed by atoms with Crippen LogP contribution in [0.4, 0.5) is 5.69 Å². The maximum atomic E-state index is 13.3. The highest BCUT2D eigenvalue weighted by atomic mass is 16.2. The summed E-state index contributed by atoms with van der Waals surface area (Å²) in [4.78, 5) is 25.3. The standard InChI is InChI=1S/C27H35NO2/c1-17-4-7-19(8-5-17)28-25(30)24-11-10-22-21-9-6-18-16-20(29)12-14-26(18,2)23(21)13-15-27(22,24)3/h4-5,7-8,16,21-24H,6,9-15H2,1-3H3,(H,28,30)/t21-,22-,23+,24?,26-,27-/m0/s1. The van der Waals surface area contributed by atoms with Crippen LogP contribution in [0.5, 0.6) is 0 Å². The van der Waals surface area contributed by atoms with Crippen molar-refractivity contribution >= 4 is 17.4 Å². The van der Waals surface area contributed by atoms with Crippen LogP contribution < -0.4 is 5.32 Å². The number of allylic oxidation sites excluding steroid dienone is 1. The van der Waals surface area contributed by atoms with Gasteiger partial charge in [0.15, 0.2) is 5.78 Å². The summed E-state index contributed by atoms with van der Waals surface area (Å²) in [5, 5.41) is 3.21. The number of ketones is 1. The maximum Gasteiger partial charge on any atom is 0.228 e. The van der Waals surface area contributed by atoms with Crippen molar-refractivity contribution in [3.8, 4) is 0 Å². The van der Waals surface area contributed by atoms with E-state index in [1.54, 1.807) is 0 Å². The van der Waals surface area contributed by atoms with Crippen molar-refractivity contribution in [2.45, 2.75) is 72.1 Å². The topological polar surface area (TPSA) is 46.2 Å². The van der Waals surface area contributed by atoms with Gasteiger partial charge in [0, 0.05) is 18.0 Å². The summed E-state index contributed by atoms with van der Waals surface area (Å²) in [6, 6.07) is 8.14. The molecule has 0 saturated heterocycles. The fraction of sp³-hybridized carbons (Fsp3) is 0.630. The van der Waals surface area contributed by atoms with Crippen LogP contribution in [0.3, 0.4) is 0 Å². The number of fused-ring (bicyclic) bond motifs is 5. The maximum absolute atomic E-state index is 13.3. The molecule has 0 bridgehead atoms. The first kappa shape index (κ1) is 20.0. The van der Waals surface area contributed by atoms with Gasteiger partial charge >= 0.3 is 0 Å². The van der Waals surface area contributed by atoms with Crippen LogP contribution in [0.2, 0.25) is 0 Å². The van der Waals surface area contributed by atoms with Crippen molar-refractivity contribution in [2.75, 3.05) is 5.32 Å². The Hall–Kier alpha value is -1.90. The number of nitrogens with one attached hydrogen (secondary N) is 1. The van der Waals surface area contributed by atoms with Gasteiger partial charge in [0.2, 0.25) is 5.91 Å². The monoisotopic (exact) mass is 405 g/mol. The van der Waals surface area contributed by atoms with E-state index in [1.807, 2.05) is 18.2 Å². The van der Waals surface area contributed by atoms with E-state index in [9.17, 15) is 9.59 Å². The van der Waals surface area contributed by atoms with Gasteiger partial charge in [-0.05, 0) is 98.7 Å². The molecule has 160 valence electrons. The summed E-state index contributed by atoms with van der Waals surface area (Å²) in [5.74, 6) is 2.69. The van der Waals surface area contributed by atoms with Crippen molar-refractivity contribution in [2.24, 2.45) is 34.5 Å². The third kappa shape index (κ3) is 2.99. The lowest BCUT2D eigenvalue weighted by Crippen LogP contribution is -2.51. The number of aryl methyl sites for hydroxylation is 1. The third-order valence-electron chi connectivity index (χ3n) is 9.60. The Labute approximate surface area is 180 Å². The quantitative estimate of drug-likeness (QED) is 0.648. The average molecular weight is 406 g/mol. The van der Waals surface area contributed by atoms with Crippen LogP contribution >= 0.6 is 0 Å². The molecule has 0 heterocycles. The summed E-state index contributed by atoms with van der Waals surface area (Å²) < 4.78 is 0. The van der Waals surface area contributed by atoms with Crippen LogP contribution in [0.1, 0.15) is 70.8 Å². The summed E-state index contributed by atoms with van der Waals surface area (Å²) in [6.45, 7) is 6.90. The van der Waals surface area contributed by atoms with Gasteiger partial charge < -0.3 is 5.32 Å². The Morgan fingerprint density at radius 3 is 2.50 bits per heavy atom. The number of amides is 1. The lowest BCUT2D eigenvalue weighted by atomic mass is 9.47. The van der Waals surface area contributed by atoms with Gasteiger partial charge in [0.05, 0.1) is 0 Å². The van der Waals surface area contributed by atoms with Crippen molar-refractivity contribution in [1.29, 1.82) is 0 Å². The van der Waals surface area contributed by atoms with E-state index >= 15 is 0 Å². The minimum atomic E-state index is 0.109. The highest BCUT2D eigenvalue weighted by Gasteiger charge is 2.60. The molecule has 3 fully saturated rings. The number of hydrogen-bond acceptors (Lipinski definition) is 2. The molecule has 0 aliphatic heterocycles. The zero-order chi connectivity index (χ0) is 21.1. The molecular weight excluding hydrogens is 370 g/mol. The SMILES string of the molecule is Cc1ccc(NC(=O)C2CC[C@H]3[C@@H]4CCC5=CC(=O)CC[C@]5(C)[C@@H]4CC[C@]23C)cc1. The molecule has 3 heteroatoms. The molecule has 0 aromatic heterocycles. The second-order valence-electron chi connectivity index (χ2n) is 11.0. The second-order valence-corrected chi connectivity index (χ2v) is 11.0. The van der Waals surface area contributed by atoms with Gasteiger partial charge in [0.25, 0.3) is 0 Å². The predicted octanol–water partition coefficient (Wildman–Crippen LogP) is 6.08. The molecule has 1 aromatic rings. The van der Waals surface area contributed by atoms with E-state index in [0.29, 0.717) is 30.0 Å². The molecular formula is C27H35NO2. The number of anilines is 1. The van der Waals surface area contributed by atoms with Gasteiger partial charge in [-0.2, -0.15) is 0 Å². The Bertz CT molecular complexity index is 900. The molecule has 0 spiro atoms. The van der Waals surface area contributed by atoms with Gasteiger partial charge in [0.1, 0.15) is 0 Å². The number of hydrogen-bond donors (Lipinski definition) is 1. The van der Waals surface area contributed by atoms with E-state index < -0.39 is 0 Å². The minimum absolute atomic E-state index is 0.109. The van der Waals surface area contributed by atoms with Crippen molar-refractivity contribution in [3.05, 3.63) is 41.5 Å². The Morgan fingerprint density at radius 1 is 0.967 bits per heavy atom. The highest BCUT2D eigenvalue weighted by Crippen LogP contribution is 2.66. The molecule has 0 radical (unpaired) electrons. The van der Waals surface area contributed by atoms with E-state index in [0.717, 1.165) is 31.4 Å². The molecule has 3 nitrogen and oxygen atoms in total. The lowest BCUT2D eigenvalue weighted by Gasteiger charge is -2.58. The molecule has 4 aliphatic rings. The fourth-order valence-electron chi connectivity index (χ4n) is 7.86. The first-order valence-corrected chi connectivity index (χ1v) is 11.9. The van der Waals surface area contributed by atoms with E-state index in [1.165, 1.54) is 30.4 Å². The Morgan fingerprint density at radius 2 is 1.73 bits per heavy atom. The van der Waals surface area contributed by atoms with Crippen LogP contribution in [0.15, 0.2) is 35.9 Å². The van der Waals surface area contributed by atoms with Gasteiger partial charge in [-0.1, -0.05) is 37.1 Å². The van der Waals surface area contributed by atoms with Crippen LogP contribution in [0, 0.1) is 41.4 Å². The van der Waals surface area contributed by atoms with E-state index in [-0.39, 0.29) is 22.7 Å². The molecule has 1 aromatic carbocycles. The first-order chi connectivity index (χ1) is 14.3. The predicted molar refractivity (Wildman–Crippen MR) is 120 cm³/mol. The van der Waals surface area contributed by atoms with E-state index in [2.05, 4.69) is 38.2 Å². The molecule has 1 N–H and O–H groups in total. The molecule has 1 unspecified atom stereocenters. The van der Waals surface area contributed by atoms with Crippen LogP contribution in [-0.2, 0) is 9.59 Å². The van der Waals surface area contributed by atoms with Gasteiger partial charge in [-0.15, -0.1) is 0 Å². The minimum Gasteiger partial charge on any atom is -0.326 e. The normalized spacial score (nSPS) is 40.1. The van der Waals surface area contributed by atoms with Gasteiger partial charge in [-0.25, -0.2) is 0 Å². The van der Waals surface area contributed by atoms with Crippen LogP contribution in [-0.4, -0.2) is 11.7 Å². The van der Waals surface area contributed by atoms with Crippen molar-refractivity contribution in [1.82, 2.24) is 0 Å². The lowest BCUT2D eigenvalue weighted by molar-refractivity contribution is -0.127. The zero-order valence-corrected chi connectivity index (χ0v) is 18.7. The van der Waals surface area contributed by atoms with Crippen LogP contribution in [0.25, 0.3) is 0 Å². The van der Waals surface area contributed by atoms with Crippen molar-refractivity contribution in [3.63, 3.8) is 0 Å². The highest BCUT2D eigenvalue weighted by molar-refractivity contribution is 5.93. The summed E-state index contributed by atoms with van der Waals surface area (Å²) in [6.07, 6.45) is 10.5. The summed E-state index contributed by atoms with van der Waals surface area (Å²) in [7, 11) is 0. The molecule has 30 heavy (non-hydrogen) atoms. The molecule has 3 saturated carbocycles. The Balaban J connectivity index is 1.36. The summed E-state index contributed by atoms with van der Waals surface area (Å²) >= 11 is 0. The number of benzene rings is 1. The molecule has 4 aliphatic carbocycles. The average Bonchev–Trinajstić information content (AvgIpc) is 3.07. The smallest absolute Gasteiger partial charge is 0.228 e. The molecule has 1 amide bonds. The fourth-order valence-corrected chi connectivity index (χ4v) is 7.86. The first-order valence-electron chi connectivity index (χ1n) is 11.9. The molecule has 6 atom stereocenters. The molecule has 5 rings (SSSR count). The van der Waals surface area contributed by atoms with Gasteiger partial charge in [-0.3, -0.25) is 9.59 Å². The Kier molecular flexibility index (Phi) is 4.72. The second kappa shape index (κ2) is 7.07.